The van der Waals surface area contributed by atoms with Gasteiger partial charge < -0.3 is 10.2 Å². The summed E-state index contributed by atoms with van der Waals surface area (Å²) in [5, 5.41) is 2.46. The largest absolute Gasteiger partial charge is 0.343 e. The Balaban J connectivity index is 2.28. The van der Waals surface area contributed by atoms with Crippen LogP contribution in [-0.2, 0) is 16.1 Å². The van der Waals surface area contributed by atoms with Gasteiger partial charge in [-0.25, -0.2) is 8.78 Å². The first-order chi connectivity index (χ1) is 8.90. The van der Waals surface area contributed by atoms with Gasteiger partial charge in [-0.15, -0.1) is 0 Å². The normalized spacial score (nSPS) is 19.6. The first-order valence-electron chi connectivity index (χ1n) is 5.60. The Bertz CT molecular complexity index is 551. The molecule has 102 valence electrons. The minimum atomic E-state index is -0.758. The average molecular weight is 333 g/mol. The van der Waals surface area contributed by atoms with Gasteiger partial charge >= 0.3 is 0 Å². The van der Waals surface area contributed by atoms with Crippen LogP contribution in [0.1, 0.15) is 12.5 Å². The van der Waals surface area contributed by atoms with E-state index in [1.54, 1.807) is 0 Å². The molecular formula is C12H11BrF2N2O2. The molecule has 1 heterocycles. The maximum absolute atomic E-state index is 13.8. The molecule has 19 heavy (non-hydrogen) atoms. The van der Waals surface area contributed by atoms with Crippen molar-refractivity contribution in [3.05, 3.63) is 33.8 Å². The van der Waals surface area contributed by atoms with Gasteiger partial charge in [-0.05, 0) is 35.0 Å². The molecular weight excluding hydrogens is 322 g/mol. The summed E-state index contributed by atoms with van der Waals surface area (Å²) in [6.07, 6.45) is 0. The third-order valence-electron chi connectivity index (χ3n) is 2.88. The molecule has 4 nitrogen and oxygen atoms in total. The molecule has 1 fully saturated rings. The number of halogens is 3. The fourth-order valence-corrected chi connectivity index (χ4v) is 2.28. The Morgan fingerprint density at radius 3 is 2.79 bits per heavy atom. The van der Waals surface area contributed by atoms with E-state index in [4.69, 9.17) is 0 Å². The van der Waals surface area contributed by atoms with Crippen LogP contribution in [0.15, 0.2) is 16.6 Å². The summed E-state index contributed by atoms with van der Waals surface area (Å²) in [5.74, 6) is -2.21. The van der Waals surface area contributed by atoms with Gasteiger partial charge in [0.25, 0.3) is 0 Å². The molecule has 0 spiro atoms. The molecule has 1 aromatic rings. The molecule has 1 aliphatic rings. The predicted molar refractivity (Wildman–Crippen MR) is 67.1 cm³/mol. The van der Waals surface area contributed by atoms with Crippen molar-refractivity contribution in [3.63, 3.8) is 0 Å². The van der Waals surface area contributed by atoms with Crippen molar-refractivity contribution in [2.24, 2.45) is 0 Å². The van der Waals surface area contributed by atoms with E-state index < -0.39 is 17.7 Å². The minimum Gasteiger partial charge on any atom is -0.343 e. The summed E-state index contributed by atoms with van der Waals surface area (Å²) in [6.45, 7) is 1.06. The van der Waals surface area contributed by atoms with E-state index in [2.05, 4.69) is 21.2 Å². The first-order valence-corrected chi connectivity index (χ1v) is 6.40. The van der Waals surface area contributed by atoms with Crippen molar-refractivity contribution in [2.75, 3.05) is 6.54 Å². The number of amides is 2. The summed E-state index contributed by atoms with van der Waals surface area (Å²) < 4.78 is 27.5. The van der Waals surface area contributed by atoms with Crippen LogP contribution in [0.3, 0.4) is 0 Å². The Morgan fingerprint density at radius 2 is 2.11 bits per heavy atom. The number of piperazine rings is 1. The van der Waals surface area contributed by atoms with Gasteiger partial charge in [-0.2, -0.15) is 0 Å². The van der Waals surface area contributed by atoms with Gasteiger partial charge in [0.05, 0.1) is 17.6 Å². The molecule has 0 radical (unpaired) electrons. The summed E-state index contributed by atoms with van der Waals surface area (Å²) in [6, 6.07) is 1.68. The highest BCUT2D eigenvalue weighted by Gasteiger charge is 2.30. The van der Waals surface area contributed by atoms with E-state index in [9.17, 15) is 18.4 Å². The number of hydrogen-bond acceptors (Lipinski definition) is 2. The quantitative estimate of drug-likeness (QED) is 0.836. The second kappa shape index (κ2) is 5.24. The van der Waals surface area contributed by atoms with Crippen LogP contribution >= 0.6 is 15.9 Å². The summed E-state index contributed by atoms with van der Waals surface area (Å²) in [5.41, 5.74) is -0.232. The predicted octanol–water partition coefficient (Wildman–Crippen LogP) is 1.57. The number of hydrogen-bond donors (Lipinski definition) is 1. The topological polar surface area (TPSA) is 49.4 Å². The number of nitrogens with one attached hydrogen (secondary N) is 1. The number of carbonyl (C=O) groups is 2. The Labute approximate surface area is 116 Å². The minimum absolute atomic E-state index is 0.117. The summed E-state index contributed by atoms with van der Waals surface area (Å²) in [4.78, 5) is 24.3. The fourth-order valence-electron chi connectivity index (χ4n) is 1.91. The van der Waals surface area contributed by atoms with Gasteiger partial charge in [0.15, 0.2) is 0 Å². The van der Waals surface area contributed by atoms with Gasteiger partial charge in [-0.3, -0.25) is 9.59 Å². The Hall–Kier alpha value is -1.50. The first kappa shape index (κ1) is 13.9. The SMILES string of the molecule is CC1NC(=O)CN(Cc2c(F)ccc(Br)c2F)C1=O. The van der Waals surface area contributed by atoms with Crippen LogP contribution in [0.25, 0.3) is 0 Å². The molecule has 0 aliphatic carbocycles. The second-order valence-corrected chi connectivity index (χ2v) is 5.16. The number of benzene rings is 1. The molecule has 7 heteroatoms. The summed E-state index contributed by atoms with van der Waals surface area (Å²) in [7, 11) is 0. The van der Waals surface area contributed by atoms with E-state index in [0.717, 1.165) is 11.0 Å². The van der Waals surface area contributed by atoms with Gasteiger partial charge in [0.2, 0.25) is 11.8 Å². The Morgan fingerprint density at radius 1 is 1.42 bits per heavy atom. The van der Waals surface area contributed by atoms with Crippen LogP contribution < -0.4 is 5.32 Å². The van der Waals surface area contributed by atoms with Crippen LogP contribution in [0.2, 0.25) is 0 Å². The molecule has 1 aromatic carbocycles. The van der Waals surface area contributed by atoms with E-state index in [0.29, 0.717) is 0 Å². The highest BCUT2D eigenvalue weighted by atomic mass is 79.9. The lowest BCUT2D eigenvalue weighted by Crippen LogP contribution is -2.56. The van der Waals surface area contributed by atoms with E-state index >= 15 is 0 Å². The maximum atomic E-state index is 13.8. The lowest BCUT2D eigenvalue weighted by Gasteiger charge is -2.31. The number of carbonyl (C=O) groups excluding carboxylic acids is 2. The molecule has 1 aliphatic heterocycles. The fraction of sp³-hybridized carbons (Fsp3) is 0.333. The lowest BCUT2D eigenvalue weighted by molar-refractivity contribution is -0.144. The highest BCUT2D eigenvalue weighted by molar-refractivity contribution is 9.10. The van der Waals surface area contributed by atoms with Crippen molar-refractivity contribution in [1.29, 1.82) is 0 Å². The third-order valence-corrected chi connectivity index (χ3v) is 3.49. The van der Waals surface area contributed by atoms with Gasteiger partial charge in [0, 0.05) is 5.56 Å². The average Bonchev–Trinajstić information content (AvgIpc) is 2.35. The summed E-state index contributed by atoms with van der Waals surface area (Å²) >= 11 is 2.96. The van der Waals surface area contributed by atoms with E-state index in [-0.39, 0.29) is 34.9 Å². The van der Waals surface area contributed by atoms with Crippen molar-refractivity contribution >= 4 is 27.7 Å². The van der Waals surface area contributed by atoms with Crippen molar-refractivity contribution in [2.45, 2.75) is 19.5 Å². The van der Waals surface area contributed by atoms with Crippen molar-refractivity contribution < 1.29 is 18.4 Å². The smallest absolute Gasteiger partial charge is 0.245 e. The molecule has 1 atom stereocenters. The van der Waals surface area contributed by atoms with Crippen LogP contribution in [0.5, 0.6) is 0 Å². The Kier molecular flexibility index (Phi) is 3.84. The van der Waals surface area contributed by atoms with Crippen LogP contribution in [0, 0.1) is 11.6 Å². The molecule has 1 saturated heterocycles. The van der Waals surface area contributed by atoms with Gasteiger partial charge in [-0.1, -0.05) is 0 Å². The molecule has 0 bridgehead atoms. The maximum Gasteiger partial charge on any atom is 0.245 e. The monoisotopic (exact) mass is 332 g/mol. The lowest BCUT2D eigenvalue weighted by atomic mass is 10.1. The van der Waals surface area contributed by atoms with Crippen molar-refractivity contribution in [3.8, 4) is 0 Å². The van der Waals surface area contributed by atoms with Gasteiger partial charge in [0.1, 0.15) is 17.7 Å². The third kappa shape index (κ3) is 2.75. The molecule has 2 amide bonds. The zero-order chi connectivity index (χ0) is 14.2. The van der Waals surface area contributed by atoms with E-state index in [1.807, 2.05) is 0 Å². The van der Waals surface area contributed by atoms with Crippen LogP contribution in [0.4, 0.5) is 8.78 Å². The molecule has 1 N–H and O–H groups in total. The molecule has 0 aromatic heterocycles. The molecule has 1 unspecified atom stereocenters. The number of rotatable bonds is 2. The molecule has 2 rings (SSSR count). The zero-order valence-corrected chi connectivity index (χ0v) is 11.6. The second-order valence-electron chi connectivity index (χ2n) is 4.31. The highest BCUT2D eigenvalue weighted by Crippen LogP contribution is 2.23. The van der Waals surface area contributed by atoms with Crippen molar-refractivity contribution in [1.82, 2.24) is 10.2 Å². The number of nitrogens with zero attached hydrogens (tertiary/aromatic N) is 1. The molecule has 0 saturated carbocycles. The van der Waals surface area contributed by atoms with E-state index in [1.165, 1.54) is 13.0 Å². The van der Waals surface area contributed by atoms with Crippen LogP contribution in [-0.4, -0.2) is 29.3 Å². The standard InChI is InChI=1S/C12H11BrF2N2O2/c1-6-12(19)17(5-10(18)16-6)4-7-9(14)3-2-8(13)11(7)15/h2-3,6H,4-5H2,1H3,(H,16,18). The zero-order valence-electron chi connectivity index (χ0n) is 10.0.